The second-order valence-electron chi connectivity index (χ2n) is 6.43. The molecule has 26 heavy (non-hydrogen) atoms. The zero-order chi connectivity index (χ0) is 19.2. The molecule has 0 amide bonds. The summed E-state index contributed by atoms with van der Waals surface area (Å²) in [4.78, 5) is 6.21. The van der Waals surface area contributed by atoms with Crippen LogP contribution in [0.25, 0.3) is 0 Å². The van der Waals surface area contributed by atoms with Crippen LogP contribution in [0.1, 0.15) is 31.9 Å². The van der Waals surface area contributed by atoms with Gasteiger partial charge in [-0.3, -0.25) is 0 Å². The molecule has 1 heterocycles. The third kappa shape index (κ3) is 5.79. The molecule has 2 N–H and O–H groups in total. The minimum absolute atomic E-state index is 0.0414. The Kier molecular flexibility index (Phi) is 7.14. The number of aliphatic imine (C=N–C) groups is 1. The first-order valence-corrected chi connectivity index (χ1v) is 8.89. The highest BCUT2D eigenvalue weighted by atomic mass is 19.4. The van der Waals surface area contributed by atoms with E-state index < -0.39 is 11.7 Å². The van der Waals surface area contributed by atoms with Crippen LogP contribution in [0.3, 0.4) is 0 Å². The van der Waals surface area contributed by atoms with E-state index in [0.717, 1.165) is 0 Å². The zero-order valence-electron chi connectivity index (χ0n) is 15.5. The summed E-state index contributed by atoms with van der Waals surface area (Å²) in [6.45, 7) is 8.66. The van der Waals surface area contributed by atoms with Crippen molar-refractivity contribution in [3.8, 4) is 0 Å². The quantitative estimate of drug-likeness (QED) is 0.616. The summed E-state index contributed by atoms with van der Waals surface area (Å²) in [5.74, 6) is 0.507. The van der Waals surface area contributed by atoms with E-state index >= 15 is 0 Å². The van der Waals surface area contributed by atoms with Crippen LogP contribution >= 0.6 is 0 Å². The Labute approximate surface area is 152 Å². The molecule has 1 aliphatic heterocycles. The molecule has 0 radical (unpaired) electrons. The molecule has 146 valence electrons. The molecule has 0 unspecified atom stereocenters. The van der Waals surface area contributed by atoms with Crippen molar-refractivity contribution in [3.63, 3.8) is 0 Å². The lowest BCUT2D eigenvalue weighted by atomic mass is 10.1. The summed E-state index contributed by atoms with van der Waals surface area (Å²) < 4.78 is 45.9. The topological polar surface area (TPSA) is 48.9 Å². The number of nitrogens with zero attached hydrogens (tertiary/aromatic N) is 2. The monoisotopic (exact) mass is 372 g/mol. The van der Waals surface area contributed by atoms with Crippen molar-refractivity contribution >= 4 is 11.6 Å². The van der Waals surface area contributed by atoms with Crippen molar-refractivity contribution in [3.05, 3.63) is 29.3 Å². The lowest BCUT2D eigenvalue weighted by Crippen LogP contribution is -2.41. The van der Waals surface area contributed by atoms with Gasteiger partial charge in [0.2, 0.25) is 0 Å². The molecule has 0 bridgehead atoms. The summed E-state index contributed by atoms with van der Waals surface area (Å²) in [6, 6.07) is 4.61. The van der Waals surface area contributed by atoms with Crippen molar-refractivity contribution in [1.29, 1.82) is 0 Å². The summed E-state index contributed by atoms with van der Waals surface area (Å²) in [7, 11) is 0. The Bertz CT molecular complexity index is 611. The summed E-state index contributed by atoms with van der Waals surface area (Å²) in [5, 5.41) is 6.15. The average molecular weight is 372 g/mol. The molecule has 1 aromatic rings. The first kappa shape index (κ1) is 20.4. The second kappa shape index (κ2) is 9.12. The second-order valence-corrected chi connectivity index (χ2v) is 6.43. The predicted octanol–water partition coefficient (Wildman–Crippen LogP) is 3.01. The van der Waals surface area contributed by atoms with Crippen molar-refractivity contribution in [1.82, 2.24) is 10.6 Å². The number of halogens is 3. The molecular formula is C18H27F3N4O. The number of nitrogens with one attached hydrogen (secondary N) is 2. The van der Waals surface area contributed by atoms with Gasteiger partial charge in [0.1, 0.15) is 0 Å². The molecule has 1 fully saturated rings. The summed E-state index contributed by atoms with van der Waals surface area (Å²) >= 11 is 0. The number of rotatable bonds is 5. The number of hydrogen-bond donors (Lipinski definition) is 2. The van der Waals surface area contributed by atoms with Crippen LogP contribution in [-0.2, 0) is 17.5 Å². The Morgan fingerprint density at radius 1 is 1.27 bits per heavy atom. The van der Waals surface area contributed by atoms with Gasteiger partial charge in [0.15, 0.2) is 5.96 Å². The van der Waals surface area contributed by atoms with Crippen LogP contribution < -0.4 is 15.5 Å². The number of morpholine rings is 1. The number of guanidine groups is 1. The van der Waals surface area contributed by atoms with Crippen LogP contribution in [0, 0.1) is 0 Å². The van der Waals surface area contributed by atoms with Gasteiger partial charge in [-0.15, -0.1) is 0 Å². The molecule has 5 nitrogen and oxygen atoms in total. The largest absolute Gasteiger partial charge is 0.416 e. The van der Waals surface area contributed by atoms with Crippen LogP contribution in [0.4, 0.5) is 18.9 Å². The fourth-order valence-electron chi connectivity index (χ4n) is 2.74. The molecular weight excluding hydrogens is 345 g/mol. The molecule has 1 aliphatic rings. The highest BCUT2D eigenvalue weighted by Gasteiger charge is 2.34. The maximum atomic E-state index is 13.6. The maximum absolute atomic E-state index is 13.6. The Morgan fingerprint density at radius 2 is 1.96 bits per heavy atom. The van der Waals surface area contributed by atoms with Crippen LogP contribution in [0.5, 0.6) is 0 Å². The number of benzene rings is 1. The van der Waals surface area contributed by atoms with Gasteiger partial charge in [-0.25, -0.2) is 4.99 Å². The Hall–Kier alpha value is -1.96. The number of alkyl halides is 3. The smallest absolute Gasteiger partial charge is 0.378 e. The molecule has 8 heteroatoms. The highest BCUT2D eigenvalue weighted by molar-refractivity contribution is 5.80. The minimum atomic E-state index is -4.42. The van der Waals surface area contributed by atoms with Gasteiger partial charge in [-0.1, -0.05) is 6.07 Å². The first-order chi connectivity index (χ1) is 12.3. The number of ether oxygens (including phenoxy) is 1. The van der Waals surface area contributed by atoms with E-state index in [1.165, 1.54) is 12.1 Å². The molecule has 0 aliphatic carbocycles. The van der Waals surface area contributed by atoms with E-state index in [4.69, 9.17) is 4.74 Å². The molecule has 0 saturated carbocycles. The van der Waals surface area contributed by atoms with E-state index in [9.17, 15) is 13.2 Å². The minimum Gasteiger partial charge on any atom is -0.378 e. The van der Waals surface area contributed by atoms with Crippen molar-refractivity contribution in [2.24, 2.45) is 4.99 Å². The van der Waals surface area contributed by atoms with E-state index in [2.05, 4.69) is 15.6 Å². The lowest BCUT2D eigenvalue weighted by Gasteiger charge is -2.29. The Morgan fingerprint density at radius 3 is 2.54 bits per heavy atom. The summed E-state index contributed by atoms with van der Waals surface area (Å²) in [5.41, 5.74) is 0.0988. The van der Waals surface area contributed by atoms with E-state index in [1.807, 2.05) is 25.7 Å². The zero-order valence-corrected chi connectivity index (χ0v) is 15.5. The van der Waals surface area contributed by atoms with Crippen LogP contribution in [-0.4, -0.2) is 44.8 Å². The molecule has 1 aromatic carbocycles. The first-order valence-electron chi connectivity index (χ1n) is 8.89. The van der Waals surface area contributed by atoms with E-state index in [-0.39, 0.29) is 18.2 Å². The lowest BCUT2D eigenvalue weighted by molar-refractivity contribution is -0.138. The SMILES string of the molecule is CCNC(=NCc1ccc(N2CCOCC2)cc1C(F)(F)F)NC(C)C. The number of anilines is 1. The third-order valence-corrected chi connectivity index (χ3v) is 3.95. The van der Waals surface area contributed by atoms with Crippen LogP contribution in [0.15, 0.2) is 23.2 Å². The fraction of sp³-hybridized carbons (Fsp3) is 0.611. The van der Waals surface area contributed by atoms with Crippen molar-refractivity contribution in [2.75, 3.05) is 37.7 Å². The third-order valence-electron chi connectivity index (χ3n) is 3.95. The maximum Gasteiger partial charge on any atom is 0.416 e. The van der Waals surface area contributed by atoms with Gasteiger partial charge in [0.05, 0.1) is 25.3 Å². The molecule has 1 saturated heterocycles. The van der Waals surface area contributed by atoms with Gasteiger partial charge >= 0.3 is 6.18 Å². The van der Waals surface area contributed by atoms with Gasteiger partial charge in [0.25, 0.3) is 0 Å². The standard InChI is InChI=1S/C18H27F3N4O/c1-4-22-17(24-13(2)3)23-12-14-5-6-15(11-16(14)18(19,20)21)25-7-9-26-10-8-25/h5-6,11,13H,4,7-10,12H2,1-3H3,(H2,22,23,24). The van der Waals surface area contributed by atoms with Crippen molar-refractivity contribution < 1.29 is 17.9 Å². The van der Waals surface area contributed by atoms with Crippen LogP contribution in [0.2, 0.25) is 0 Å². The molecule has 0 atom stereocenters. The summed E-state index contributed by atoms with van der Waals surface area (Å²) in [6.07, 6.45) is -4.42. The molecule has 0 aromatic heterocycles. The Balaban J connectivity index is 2.26. The van der Waals surface area contributed by atoms with E-state index in [1.54, 1.807) is 6.07 Å². The highest BCUT2D eigenvalue weighted by Crippen LogP contribution is 2.35. The van der Waals surface area contributed by atoms with Gasteiger partial charge in [0, 0.05) is 31.4 Å². The van der Waals surface area contributed by atoms with Gasteiger partial charge in [-0.2, -0.15) is 13.2 Å². The molecule has 0 spiro atoms. The fourth-order valence-corrected chi connectivity index (χ4v) is 2.74. The van der Waals surface area contributed by atoms with Crippen molar-refractivity contribution in [2.45, 2.75) is 39.5 Å². The van der Waals surface area contributed by atoms with Gasteiger partial charge < -0.3 is 20.3 Å². The van der Waals surface area contributed by atoms with E-state index in [0.29, 0.717) is 44.5 Å². The number of hydrogen-bond acceptors (Lipinski definition) is 3. The van der Waals surface area contributed by atoms with Gasteiger partial charge in [-0.05, 0) is 38.5 Å². The average Bonchev–Trinajstić information content (AvgIpc) is 2.59. The molecule has 2 rings (SSSR count). The predicted molar refractivity (Wildman–Crippen MR) is 97.6 cm³/mol. The normalized spacial score (nSPS) is 16.1.